The number of hydrogen-bond donors (Lipinski definition) is 2. The van der Waals surface area contributed by atoms with Gasteiger partial charge in [-0.2, -0.15) is 0 Å². The topological polar surface area (TPSA) is 78.3 Å². The lowest BCUT2D eigenvalue weighted by Gasteiger charge is -2.57. The average molecular weight is 156 g/mol. The van der Waals surface area contributed by atoms with E-state index < -0.39 is 5.54 Å². The highest BCUT2D eigenvalue weighted by molar-refractivity contribution is 5.86. The molecule has 0 aromatic carbocycles. The first-order valence-corrected chi connectivity index (χ1v) is 3.73. The van der Waals surface area contributed by atoms with Crippen molar-refractivity contribution < 1.29 is 9.53 Å². The Bertz CT molecular complexity index is 202. The zero-order valence-corrected chi connectivity index (χ0v) is 6.30. The molecule has 0 aromatic rings. The van der Waals surface area contributed by atoms with Gasteiger partial charge in [0.2, 0.25) is 5.91 Å². The summed E-state index contributed by atoms with van der Waals surface area (Å²) in [4.78, 5) is 10.8. The number of ether oxygens (including phenoxy) is 1. The summed E-state index contributed by atoms with van der Waals surface area (Å²) >= 11 is 0. The zero-order chi connectivity index (χ0) is 8.11. The quantitative estimate of drug-likeness (QED) is 0.510. The summed E-state index contributed by atoms with van der Waals surface area (Å²) in [5.74, 6) is -0.380. The summed E-state index contributed by atoms with van der Waals surface area (Å²) < 4.78 is 5.05. The van der Waals surface area contributed by atoms with E-state index in [0.29, 0.717) is 12.8 Å². The molecule has 11 heavy (non-hydrogen) atoms. The second kappa shape index (κ2) is 1.76. The van der Waals surface area contributed by atoms with Crippen molar-refractivity contribution in [1.82, 2.24) is 0 Å². The maximum absolute atomic E-state index is 10.8. The maximum atomic E-state index is 10.8. The van der Waals surface area contributed by atoms with Crippen molar-refractivity contribution in [3.8, 4) is 0 Å². The van der Waals surface area contributed by atoms with Crippen molar-refractivity contribution >= 4 is 5.91 Å². The van der Waals surface area contributed by atoms with E-state index in [2.05, 4.69) is 0 Å². The largest absolute Gasteiger partial charge is 0.380 e. The molecule has 1 aliphatic heterocycles. The van der Waals surface area contributed by atoms with Crippen molar-refractivity contribution in [2.75, 3.05) is 13.2 Å². The molecule has 4 nitrogen and oxygen atoms in total. The fourth-order valence-electron chi connectivity index (χ4n) is 2.06. The van der Waals surface area contributed by atoms with E-state index in [4.69, 9.17) is 16.2 Å². The van der Waals surface area contributed by atoms with Gasteiger partial charge < -0.3 is 16.2 Å². The molecule has 62 valence electrons. The number of carbonyl (C=O) groups excluding carboxylic acids is 1. The van der Waals surface area contributed by atoms with Crippen LogP contribution in [0.25, 0.3) is 0 Å². The average Bonchev–Trinajstić information content (AvgIpc) is 1.75. The first kappa shape index (κ1) is 7.06. The fourth-order valence-corrected chi connectivity index (χ4v) is 2.06. The van der Waals surface area contributed by atoms with Crippen molar-refractivity contribution in [2.45, 2.75) is 18.4 Å². The highest BCUT2D eigenvalue weighted by Gasteiger charge is 2.59. The number of carbonyl (C=O) groups is 1. The number of nitrogens with two attached hydrogens (primary N) is 2. The molecule has 1 heterocycles. The van der Waals surface area contributed by atoms with Gasteiger partial charge in [-0.25, -0.2) is 0 Å². The summed E-state index contributed by atoms with van der Waals surface area (Å²) in [5.41, 5.74) is 10.3. The standard InChI is InChI=1S/C7H12N2O2/c8-5(10)7(9)1-6(2-7)3-11-4-6/h1-4,9H2,(H2,8,10). The van der Waals surface area contributed by atoms with Crippen molar-refractivity contribution in [2.24, 2.45) is 16.9 Å². The lowest BCUT2D eigenvalue weighted by molar-refractivity contribution is -0.188. The number of rotatable bonds is 1. The van der Waals surface area contributed by atoms with Gasteiger partial charge in [0.25, 0.3) is 0 Å². The summed E-state index contributed by atoms with van der Waals surface area (Å²) in [6.07, 6.45) is 1.41. The van der Waals surface area contributed by atoms with E-state index in [0.717, 1.165) is 13.2 Å². The number of primary amides is 1. The summed E-state index contributed by atoms with van der Waals surface area (Å²) in [7, 11) is 0. The van der Waals surface area contributed by atoms with Gasteiger partial charge in [0.15, 0.2) is 0 Å². The fraction of sp³-hybridized carbons (Fsp3) is 0.857. The number of amides is 1. The van der Waals surface area contributed by atoms with Crippen LogP contribution in [-0.4, -0.2) is 24.7 Å². The molecular weight excluding hydrogens is 144 g/mol. The van der Waals surface area contributed by atoms with Crippen molar-refractivity contribution in [3.05, 3.63) is 0 Å². The SMILES string of the molecule is NC(=O)C1(N)CC2(COC2)C1. The van der Waals surface area contributed by atoms with Crippen LogP contribution < -0.4 is 11.5 Å². The summed E-state index contributed by atoms with van der Waals surface area (Å²) in [5, 5.41) is 0. The van der Waals surface area contributed by atoms with Crippen molar-refractivity contribution in [1.29, 1.82) is 0 Å². The maximum Gasteiger partial charge on any atom is 0.237 e. The molecule has 4 heteroatoms. The van der Waals surface area contributed by atoms with Gasteiger partial charge in [0.1, 0.15) is 0 Å². The molecule has 0 aromatic heterocycles. The molecule has 1 aliphatic carbocycles. The molecule has 2 fully saturated rings. The van der Waals surface area contributed by atoms with Crippen LogP contribution in [0.3, 0.4) is 0 Å². The molecule has 0 radical (unpaired) electrons. The minimum Gasteiger partial charge on any atom is -0.380 e. The molecule has 1 saturated heterocycles. The van der Waals surface area contributed by atoms with Gasteiger partial charge >= 0.3 is 0 Å². The Morgan fingerprint density at radius 2 is 1.91 bits per heavy atom. The van der Waals surface area contributed by atoms with Crippen LogP contribution in [0.5, 0.6) is 0 Å². The Hall–Kier alpha value is -0.610. The second-order valence-electron chi connectivity index (χ2n) is 3.87. The van der Waals surface area contributed by atoms with E-state index in [1.807, 2.05) is 0 Å². The molecule has 2 aliphatic rings. The number of hydrogen-bond acceptors (Lipinski definition) is 3. The molecule has 0 bridgehead atoms. The Kier molecular flexibility index (Phi) is 1.13. The second-order valence-corrected chi connectivity index (χ2v) is 3.87. The first-order chi connectivity index (χ1) is 5.06. The van der Waals surface area contributed by atoms with Crippen LogP contribution in [0, 0.1) is 5.41 Å². The Morgan fingerprint density at radius 3 is 2.18 bits per heavy atom. The molecule has 0 atom stereocenters. The van der Waals surface area contributed by atoms with Crippen LogP contribution in [-0.2, 0) is 9.53 Å². The molecule has 0 unspecified atom stereocenters. The van der Waals surface area contributed by atoms with Gasteiger partial charge in [-0.3, -0.25) is 4.79 Å². The smallest absolute Gasteiger partial charge is 0.237 e. The first-order valence-electron chi connectivity index (χ1n) is 3.73. The van der Waals surface area contributed by atoms with E-state index in [9.17, 15) is 4.79 Å². The van der Waals surface area contributed by atoms with E-state index in [1.165, 1.54) is 0 Å². The van der Waals surface area contributed by atoms with Gasteiger partial charge in [-0.15, -0.1) is 0 Å². The highest BCUT2D eigenvalue weighted by atomic mass is 16.5. The van der Waals surface area contributed by atoms with Crippen LogP contribution in [0.4, 0.5) is 0 Å². The minimum atomic E-state index is -0.732. The molecule has 2 rings (SSSR count). The zero-order valence-electron chi connectivity index (χ0n) is 6.30. The molecule has 1 spiro atoms. The molecular formula is C7H12N2O2. The summed E-state index contributed by atoms with van der Waals surface area (Å²) in [6.45, 7) is 1.50. The summed E-state index contributed by atoms with van der Waals surface area (Å²) in [6, 6.07) is 0. The van der Waals surface area contributed by atoms with Crippen LogP contribution in [0.1, 0.15) is 12.8 Å². The van der Waals surface area contributed by atoms with Crippen LogP contribution in [0.15, 0.2) is 0 Å². The predicted molar refractivity (Wildman–Crippen MR) is 38.6 cm³/mol. The highest BCUT2D eigenvalue weighted by Crippen LogP contribution is 2.51. The third-order valence-corrected chi connectivity index (χ3v) is 2.69. The lowest BCUT2D eigenvalue weighted by atomic mass is 9.56. The predicted octanol–water partition coefficient (Wildman–Crippen LogP) is -1.02. The normalized spacial score (nSPS) is 30.6. The molecule has 1 amide bonds. The Balaban J connectivity index is 2.00. The van der Waals surface area contributed by atoms with Gasteiger partial charge in [-0.1, -0.05) is 0 Å². The van der Waals surface area contributed by atoms with Gasteiger partial charge in [0.05, 0.1) is 18.8 Å². The van der Waals surface area contributed by atoms with Crippen LogP contribution >= 0.6 is 0 Å². The molecule has 1 saturated carbocycles. The Morgan fingerprint density at radius 1 is 1.36 bits per heavy atom. The van der Waals surface area contributed by atoms with Gasteiger partial charge in [-0.05, 0) is 12.8 Å². The third-order valence-electron chi connectivity index (χ3n) is 2.69. The molecule has 4 N–H and O–H groups in total. The van der Waals surface area contributed by atoms with E-state index in [1.54, 1.807) is 0 Å². The van der Waals surface area contributed by atoms with E-state index in [-0.39, 0.29) is 11.3 Å². The lowest BCUT2D eigenvalue weighted by Crippen LogP contribution is -2.70. The van der Waals surface area contributed by atoms with E-state index >= 15 is 0 Å². The Labute approximate surface area is 64.9 Å². The van der Waals surface area contributed by atoms with Gasteiger partial charge in [0, 0.05) is 5.41 Å². The van der Waals surface area contributed by atoms with Crippen LogP contribution in [0.2, 0.25) is 0 Å². The van der Waals surface area contributed by atoms with Crippen molar-refractivity contribution in [3.63, 3.8) is 0 Å². The third kappa shape index (κ3) is 0.795. The monoisotopic (exact) mass is 156 g/mol. The minimum absolute atomic E-state index is 0.212.